The van der Waals surface area contributed by atoms with E-state index in [-0.39, 0.29) is 0 Å². The Morgan fingerprint density at radius 3 is 2.87 bits per heavy atom. The lowest BCUT2D eigenvalue weighted by molar-refractivity contribution is 0.462. The second-order valence-corrected chi connectivity index (χ2v) is 9.19. The minimum Gasteiger partial charge on any atom is -0.359 e. The van der Waals surface area contributed by atoms with Gasteiger partial charge in [-0.25, -0.2) is 19.6 Å². The molecule has 31 heavy (non-hydrogen) atoms. The fourth-order valence-corrected chi connectivity index (χ4v) is 5.35. The Bertz CT molecular complexity index is 1330. The van der Waals surface area contributed by atoms with E-state index in [1.165, 1.54) is 42.4 Å². The van der Waals surface area contributed by atoms with Crippen molar-refractivity contribution in [3.05, 3.63) is 60.8 Å². The molecule has 1 aromatic carbocycles. The number of hydrogen-bond acceptors (Lipinski definition) is 6. The molecule has 0 spiro atoms. The van der Waals surface area contributed by atoms with E-state index in [4.69, 9.17) is 4.98 Å². The number of nitrogens with zero attached hydrogens (tertiary/aromatic N) is 6. The van der Waals surface area contributed by atoms with Gasteiger partial charge in [-0.15, -0.1) is 0 Å². The standard InChI is InChI=1S/C23H23N7S/c1-2-5-17(6-3-1)27-23-28-19-8-7-16(11-21(19)31-23)14-29-15-25-20-12-18(13-24-22(20)29)30-10-4-9-26-30/h4,7-13,15,17H,1-3,5-6,14H2,(H,27,28). The molecule has 5 aromatic rings. The Balaban J connectivity index is 1.24. The van der Waals surface area contributed by atoms with Gasteiger partial charge in [-0.05, 0) is 42.7 Å². The molecule has 6 rings (SSSR count). The summed E-state index contributed by atoms with van der Waals surface area (Å²) in [5.74, 6) is 0. The maximum absolute atomic E-state index is 4.80. The van der Waals surface area contributed by atoms with Gasteiger partial charge >= 0.3 is 0 Å². The number of fused-ring (bicyclic) bond motifs is 2. The number of benzene rings is 1. The highest BCUT2D eigenvalue weighted by Crippen LogP contribution is 2.30. The molecule has 4 heterocycles. The SMILES string of the molecule is c1cnn(-c2cnc3c(c2)ncn3Cc2ccc3nc(NC4CCCCC4)sc3c2)c1. The molecule has 0 bridgehead atoms. The highest BCUT2D eigenvalue weighted by molar-refractivity contribution is 7.22. The molecule has 1 N–H and O–H groups in total. The van der Waals surface area contributed by atoms with Gasteiger partial charge in [-0.3, -0.25) is 0 Å². The third kappa shape index (κ3) is 3.67. The zero-order valence-electron chi connectivity index (χ0n) is 17.1. The lowest BCUT2D eigenvalue weighted by Gasteiger charge is -2.22. The summed E-state index contributed by atoms with van der Waals surface area (Å²) in [6.07, 6.45) is 13.9. The number of pyridine rings is 1. The van der Waals surface area contributed by atoms with Crippen LogP contribution in [0.15, 0.2) is 55.2 Å². The molecule has 8 heteroatoms. The lowest BCUT2D eigenvalue weighted by Crippen LogP contribution is -2.21. The van der Waals surface area contributed by atoms with E-state index in [2.05, 4.69) is 43.1 Å². The Labute approximate surface area is 183 Å². The maximum Gasteiger partial charge on any atom is 0.184 e. The summed E-state index contributed by atoms with van der Waals surface area (Å²) in [5.41, 5.74) is 4.93. The molecule has 156 valence electrons. The van der Waals surface area contributed by atoms with E-state index < -0.39 is 0 Å². The first kappa shape index (κ1) is 18.5. The monoisotopic (exact) mass is 429 g/mol. The Morgan fingerprint density at radius 1 is 1.06 bits per heavy atom. The van der Waals surface area contributed by atoms with Crippen LogP contribution in [-0.2, 0) is 6.54 Å². The largest absolute Gasteiger partial charge is 0.359 e. The number of aromatic nitrogens is 6. The van der Waals surface area contributed by atoms with Crippen molar-refractivity contribution in [1.29, 1.82) is 0 Å². The van der Waals surface area contributed by atoms with Gasteiger partial charge in [0.25, 0.3) is 0 Å². The summed E-state index contributed by atoms with van der Waals surface area (Å²) >= 11 is 1.75. The van der Waals surface area contributed by atoms with Crippen LogP contribution in [0, 0.1) is 0 Å². The highest BCUT2D eigenvalue weighted by Gasteiger charge is 2.15. The van der Waals surface area contributed by atoms with Crippen LogP contribution in [-0.4, -0.2) is 35.3 Å². The van der Waals surface area contributed by atoms with Gasteiger partial charge in [-0.1, -0.05) is 36.7 Å². The quantitative estimate of drug-likeness (QED) is 0.425. The zero-order chi connectivity index (χ0) is 20.6. The smallest absolute Gasteiger partial charge is 0.184 e. The van der Waals surface area contributed by atoms with E-state index in [0.29, 0.717) is 6.04 Å². The van der Waals surface area contributed by atoms with Crippen molar-refractivity contribution in [2.45, 2.75) is 44.7 Å². The van der Waals surface area contributed by atoms with Gasteiger partial charge in [0.1, 0.15) is 5.52 Å². The van der Waals surface area contributed by atoms with Gasteiger partial charge in [0.05, 0.1) is 35.0 Å². The Hall–Kier alpha value is -3.26. The number of anilines is 1. The molecule has 1 aliphatic carbocycles. The molecule has 0 saturated heterocycles. The lowest BCUT2D eigenvalue weighted by atomic mass is 9.96. The summed E-state index contributed by atoms with van der Waals surface area (Å²) in [4.78, 5) is 14.0. The first-order chi connectivity index (χ1) is 15.3. The van der Waals surface area contributed by atoms with Crippen LogP contribution in [0.5, 0.6) is 0 Å². The van der Waals surface area contributed by atoms with Gasteiger partial charge in [0, 0.05) is 18.4 Å². The summed E-state index contributed by atoms with van der Waals surface area (Å²) in [5, 5.41) is 8.96. The second-order valence-electron chi connectivity index (χ2n) is 8.16. The van der Waals surface area contributed by atoms with Gasteiger partial charge in [0.2, 0.25) is 0 Å². The number of nitrogens with one attached hydrogen (secondary N) is 1. The molecule has 0 radical (unpaired) electrons. The number of rotatable bonds is 5. The molecule has 7 nitrogen and oxygen atoms in total. The number of thiazole rings is 1. The van der Waals surface area contributed by atoms with Gasteiger partial charge < -0.3 is 9.88 Å². The first-order valence-corrected chi connectivity index (χ1v) is 11.6. The van der Waals surface area contributed by atoms with Crippen LogP contribution >= 0.6 is 11.3 Å². The minimum atomic E-state index is 0.573. The second kappa shape index (κ2) is 7.77. The molecule has 0 atom stereocenters. The third-order valence-electron chi connectivity index (χ3n) is 5.95. The minimum absolute atomic E-state index is 0.573. The van der Waals surface area contributed by atoms with Crippen LogP contribution in [0.1, 0.15) is 37.7 Å². The summed E-state index contributed by atoms with van der Waals surface area (Å²) in [6, 6.07) is 11.0. The molecule has 1 aliphatic rings. The fourth-order valence-electron chi connectivity index (χ4n) is 4.35. The summed E-state index contributed by atoms with van der Waals surface area (Å²) in [6.45, 7) is 0.726. The molecule has 1 saturated carbocycles. The van der Waals surface area contributed by atoms with Crippen molar-refractivity contribution in [1.82, 2.24) is 29.3 Å². The van der Waals surface area contributed by atoms with Crippen LogP contribution in [0.3, 0.4) is 0 Å². The van der Waals surface area contributed by atoms with Crippen LogP contribution in [0.2, 0.25) is 0 Å². The van der Waals surface area contributed by atoms with Crippen molar-refractivity contribution in [2.75, 3.05) is 5.32 Å². The van der Waals surface area contributed by atoms with E-state index in [0.717, 1.165) is 34.0 Å². The van der Waals surface area contributed by atoms with Gasteiger partial charge in [-0.2, -0.15) is 5.10 Å². The molecular weight excluding hydrogens is 406 g/mol. The molecular formula is C23H23N7S. The van der Waals surface area contributed by atoms with Crippen molar-refractivity contribution >= 4 is 37.8 Å². The maximum atomic E-state index is 4.80. The molecule has 0 aliphatic heterocycles. The summed E-state index contributed by atoms with van der Waals surface area (Å²) in [7, 11) is 0. The average Bonchev–Trinajstić information content (AvgIpc) is 3.54. The molecule has 0 amide bonds. The fraction of sp³-hybridized carbons (Fsp3) is 0.304. The predicted molar refractivity (Wildman–Crippen MR) is 124 cm³/mol. The topological polar surface area (TPSA) is 73.5 Å². The third-order valence-corrected chi connectivity index (χ3v) is 6.90. The molecule has 4 aromatic heterocycles. The molecule has 1 fully saturated rings. The highest BCUT2D eigenvalue weighted by atomic mass is 32.1. The van der Waals surface area contributed by atoms with E-state index >= 15 is 0 Å². The van der Waals surface area contributed by atoms with Crippen LogP contribution in [0.25, 0.3) is 27.1 Å². The van der Waals surface area contributed by atoms with Crippen molar-refractivity contribution in [3.63, 3.8) is 0 Å². The number of imidazole rings is 1. The van der Waals surface area contributed by atoms with Crippen LogP contribution in [0.4, 0.5) is 5.13 Å². The van der Waals surface area contributed by atoms with E-state index in [9.17, 15) is 0 Å². The summed E-state index contributed by atoms with van der Waals surface area (Å²) < 4.78 is 5.10. The van der Waals surface area contributed by atoms with Gasteiger partial charge in [0.15, 0.2) is 10.8 Å². The van der Waals surface area contributed by atoms with Crippen molar-refractivity contribution in [2.24, 2.45) is 0 Å². The van der Waals surface area contributed by atoms with E-state index in [1.807, 2.05) is 30.9 Å². The Morgan fingerprint density at radius 2 is 2.00 bits per heavy atom. The first-order valence-electron chi connectivity index (χ1n) is 10.8. The normalized spacial score (nSPS) is 15.1. The van der Waals surface area contributed by atoms with Crippen LogP contribution < -0.4 is 5.32 Å². The average molecular weight is 430 g/mol. The predicted octanol–water partition coefficient (Wildman–Crippen LogP) is 5.02. The Kier molecular flexibility index (Phi) is 4.64. The molecule has 0 unspecified atom stereocenters. The zero-order valence-corrected chi connectivity index (χ0v) is 17.9. The van der Waals surface area contributed by atoms with Crippen molar-refractivity contribution in [3.8, 4) is 5.69 Å². The van der Waals surface area contributed by atoms with Crippen molar-refractivity contribution < 1.29 is 0 Å². The van der Waals surface area contributed by atoms with E-state index in [1.54, 1.807) is 22.2 Å². The number of hydrogen-bond donors (Lipinski definition) is 1.